The Morgan fingerprint density at radius 2 is 2.00 bits per heavy atom. The van der Waals surface area contributed by atoms with Crippen molar-refractivity contribution in [1.29, 1.82) is 0 Å². The van der Waals surface area contributed by atoms with Crippen LogP contribution in [0.25, 0.3) is 0 Å². The fourth-order valence-corrected chi connectivity index (χ4v) is 2.63. The zero-order chi connectivity index (χ0) is 9.68. The van der Waals surface area contributed by atoms with Crippen LogP contribution in [-0.2, 0) is 0 Å². The molecule has 0 saturated carbocycles. The van der Waals surface area contributed by atoms with Gasteiger partial charge in [-0.25, -0.2) is 4.39 Å². The number of hydrogen-bond donors (Lipinski definition) is 0. The Balaban J connectivity index is 2.62. The molecular weight excluding hydrogens is 182 g/mol. The van der Waals surface area contributed by atoms with Gasteiger partial charge in [0.1, 0.15) is 5.82 Å². The fraction of sp³-hybridized carbons (Fsp3) is 0.400. The first-order chi connectivity index (χ1) is 6.26. The maximum absolute atomic E-state index is 12.8. The summed E-state index contributed by atoms with van der Waals surface area (Å²) >= 11 is -1.11. The van der Waals surface area contributed by atoms with Crippen molar-refractivity contribution in [3.8, 4) is 5.75 Å². The van der Waals surface area contributed by atoms with Gasteiger partial charge in [0.15, 0.2) is 0 Å². The van der Waals surface area contributed by atoms with Gasteiger partial charge in [-0.3, -0.25) is 0 Å². The van der Waals surface area contributed by atoms with E-state index in [-0.39, 0.29) is 5.82 Å². The van der Waals surface area contributed by atoms with Gasteiger partial charge in [-0.05, 0) is 12.1 Å². The Morgan fingerprint density at radius 1 is 1.31 bits per heavy atom. The first kappa shape index (κ1) is 10.6. The molecule has 0 aromatic heterocycles. The average Bonchev–Trinajstić information content (AvgIpc) is 2.14. The normalized spacial score (nSPS) is 9.77. The van der Waals surface area contributed by atoms with Crippen molar-refractivity contribution >= 4 is 14.5 Å². The molecule has 0 unspecified atom stereocenters. The minimum absolute atomic E-state index is 0.225. The van der Waals surface area contributed by atoms with Gasteiger partial charge in [0.05, 0.1) is 5.75 Å². The van der Waals surface area contributed by atoms with Crippen LogP contribution in [0.1, 0.15) is 13.8 Å². The monoisotopic (exact) mass is 196 g/mol. The van der Waals surface area contributed by atoms with E-state index >= 15 is 0 Å². The molecular formula is C10H14AlFO. The van der Waals surface area contributed by atoms with E-state index in [1.54, 1.807) is 6.07 Å². The minimum Gasteiger partial charge on any atom is -0.642 e. The lowest BCUT2D eigenvalue weighted by atomic mass is 10.3. The first-order valence-electron chi connectivity index (χ1n) is 4.68. The average molecular weight is 196 g/mol. The lowest BCUT2D eigenvalue weighted by molar-refractivity contribution is 0.552. The second kappa shape index (κ2) is 5.26. The summed E-state index contributed by atoms with van der Waals surface area (Å²) in [5, 5.41) is 2.18. The molecule has 1 rings (SSSR count). The summed E-state index contributed by atoms with van der Waals surface area (Å²) in [7, 11) is 0. The molecule has 0 aliphatic rings. The highest BCUT2D eigenvalue weighted by atomic mass is 27.2. The van der Waals surface area contributed by atoms with E-state index in [9.17, 15) is 4.39 Å². The maximum atomic E-state index is 12.8. The summed E-state index contributed by atoms with van der Waals surface area (Å²) < 4.78 is 18.5. The van der Waals surface area contributed by atoms with Crippen molar-refractivity contribution in [1.82, 2.24) is 0 Å². The van der Waals surface area contributed by atoms with Crippen LogP contribution >= 0.6 is 0 Å². The van der Waals surface area contributed by atoms with Crippen LogP contribution in [0, 0.1) is 5.82 Å². The van der Waals surface area contributed by atoms with Crippen LogP contribution in [0.5, 0.6) is 5.75 Å². The van der Waals surface area contributed by atoms with E-state index in [0.717, 1.165) is 10.6 Å². The summed E-state index contributed by atoms with van der Waals surface area (Å²) in [6.45, 7) is 4.25. The van der Waals surface area contributed by atoms with E-state index in [0.29, 0.717) is 5.75 Å². The molecule has 0 aliphatic carbocycles. The van der Waals surface area contributed by atoms with Crippen LogP contribution in [-0.4, -0.2) is 14.5 Å². The molecule has 13 heavy (non-hydrogen) atoms. The molecule has 3 heteroatoms. The van der Waals surface area contributed by atoms with E-state index in [4.69, 9.17) is 3.79 Å². The lowest BCUT2D eigenvalue weighted by Gasteiger charge is -2.11. The molecule has 0 aliphatic heterocycles. The topological polar surface area (TPSA) is 9.23 Å². The van der Waals surface area contributed by atoms with Crippen LogP contribution in [0.15, 0.2) is 24.3 Å². The van der Waals surface area contributed by atoms with Gasteiger partial charge in [0, 0.05) is 6.07 Å². The summed E-state index contributed by atoms with van der Waals surface area (Å²) in [5.41, 5.74) is 0. The molecule has 0 amide bonds. The number of rotatable bonds is 4. The largest absolute Gasteiger partial charge is 0.642 e. The molecule has 1 nitrogen and oxygen atoms in total. The van der Waals surface area contributed by atoms with E-state index < -0.39 is 14.5 Å². The van der Waals surface area contributed by atoms with Gasteiger partial charge >= 0.3 is 14.5 Å². The molecule has 0 fully saturated rings. The zero-order valence-electron chi connectivity index (χ0n) is 8.09. The molecule has 0 bridgehead atoms. The fourth-order valence-electron chi connectivity index (χ4n) is 1.19. The Hall–Kier alpha value is -0.518. The summed E-state index contributed by atoms with van der Waals surface area (Å²) in [4.78, 5) is 0. The van der Waals surface area contributed by atoms with Crippen molar-refractivity contribution in [3.05, 3.63) is 30.1 Å². The molecule has 0 radical (unpaired) electrons. The molecule has 1 aromatic carbocycles. The third kappa shape index (κ3) is 3.38. The second-order valence-electron chi connectivity index (χ2n) is 3.01. The molecule has 1 aromatic rings. The van der Waals surface area contributed by atoms with Gasteiger partial charge in [-0.2, -0.15) is 0 Å². The summed E-state index contributed by atoms with van der Waals surface area (Å²) in [6.07, 6.45) is 0. The van der Waals surface area contributed by atoms with E-state index in [2.05, 4.69) is 13.8 Å². The maximum Gasteiger partial charge on any atom is 0.546 e. The SMILES string of the molecule is C[CH2][Al]([CH2]C)[O]c1cccc(F)c1. The van der Waals surface area contributed by atoms with Gasteiger partial charge in [0.2, 0.25) is 0 Å². The van der Waals surface area contributed by atoms with Crippen LogP contribution < -0.4 is 3.79 Å². The number of hydrogen-bond acceptors (Lipinski definition) is 1. The highest BCUT2D eigenvalue weighted by molar-refractivity contribution is 6.52. The van der Waals surface area contributed by atoms with Crippen molar-refractivity contribution in [2.45, 2.75) is 24.4 Å². The smallest absolute Gasteiger partial charge is 0.546 e. The Morgan fingerprint density at radius 3 is 2.54 bits per heavy atom. The molecule has 0 N–H and O–H groups in total. The van der Waals surface area contributed by atoms with Gasteiger partial charge in [0.25, 0.3) is 0 Å². The first-order valence-corrected chi connectivity index (χ1v) is 6.79. The summed E-state index contributed by atoms with van der Waals surface area (Å²) in [6, 6.07) is 6.38. The third-order valence-electron chi connectivity index (χ3n) is 2.01. The highest BCUT2D eigenvalue weighted by Gasteiger charge is 2.17. The standard InChI is InChI=1S/C6H5FO.2C2H5.Al/c7-5-2-1-3-6(8)4-5;2*1-2;/h1-4,8H;2*1H2,2H3;/q;;;+1/p-1. The Bertz CT molecular complexity index is 261. The number of benzene rings is 1. The van der Waals surface area contributed by atoms with Crippen molar-refractivity contribution in [3.63, 3.8) is 0 Å². The highest BCUT2D eigenvalue weighted by Crippen LogP contribution is 2.14. The van der Waals surface area contributed by atoms with Crippen LogP contribution in [0.2, 0.25) is 10.6 Å². The predicted octanol–water partition coefficient (Wildman–Crippen LogP) is 3.24. The van der Waals surface area contributed by atoms with Crippen LogP contribution in [0.4, 0.5) is 4.39 Å². The third-order valence-corrected chi connectivity index (χ3v) is 4.44. The number of halogens is 1. The predicted molar refractivity (Wildman–Crippen MR) is 53.7 cm³/mol. The minimum atomic E-state index is -1.11. The Kier molecular flexibility index (Phi) is 4.28. The Labute approximate surface area is 83.3 Å². The summed E-state index contributed by atoms with van der Waals surface area (Å²) in [5.74, 6) is 0.456. The molecule has 0 spiro atoms. The zero-order valence-corrected chi connectivity index (χ0v) is 9.24. The lowest BCUT2D eigenvalue weighted by Crippen LogP contribution is -2.18. The van der Waals surface area contributed by atoms with Crippen LogP contribution in [0.3, 0.4) is 0 Å². The van der Waals surface area contributed by atoms with Gasteiger partial charge < -0.3 is 3.79 Å². The second-order valence-corrected chi connectivity index (χ2v) is 6.13. The molecule has 0 atom stereocenters. The van der Waals surface area contributed by atoms with Gasteiger partial charge in [-0.1, -0.05) is 30.5 Å². The van der Waals surface area contributed by atoms with Crippen molar-refractivity contribution in [2.24, 2.45) is 0 Å². The van der Waals surface area contributed by atoms with Crippen molar-refractivity contribution < 1.29 is 8.18 Å². The molecule has 0 saturated heterocycles. The van der Waals surface area contributed by atoms with Gasteiger partial charge in [-0.15, -0.1) is 0 Å². The van der Waals surface area contributed by atoms with Crippen molar-refractivity contribution in [2.75, 3.05) is 0 Å². The molecule has 0 heterocycles. The van der Waals surface area contributed by atoms with E-state index in [1.165, 1.54) is 12.1 Å². The molecule has 70 valence electrons. The van der Waals surface area contributed by atoms with E-state index in [1.807, 2.05) is 6.07 Å². The quantitative estimate of drug-likeness (QED) is 0.672.